The first-order valence-electron chi connectivity index (χ1n) is 3.08. The van der Waals surface area contributed by atoms with E-state index < -0.39 is 0 Å². The summed E-state index contributed by atoms with van der Waals surface area (Å²) in [5, 5.41) is 0. The monoisotopic (exact) mass is 167 g/mol. The van der Waals surface area contributed by atoms with Crippen molar-refractivity contribution in [2.24, 2.45) is 0 Å². The summed E-state index contributed by atoms with van der Waals surface area (Å²) in [4.78, 5) is 1.90. The SMILES string of the molecule is CCC.CN(C)C(S)S. The Bertz CT molecular complexity index is 40.3. The lowest BCUT2D eigenvalue weighted by Crippen LogP contribution is -2.15. The lowest BCUT2D eigenvalue weighted by Gasteiger charge is -2.10. The Kier molecular flexibility index (Phi) is 11.9. The van der Waals surface area contributed by atoms with Gasteiger partial charge in [0.15, 0.2) is 0 Å². The van der Waals surface area contributed by atoms with Crippen LogP contribution in [0.25, 0.3) is 0 Å². The average molecular weight is 167 g/mol. The molecule has 0 bridgehead atoms. The van der Waals surface area contributed by atoms with E-state index in [0.29, 0.717) is 0 Å². The smallest absolute Gasteiger partial charge is 0.0964 e. The van der Waals surface area contributed by atoms with Gasteiger partial charge < -0.3 is 0 Å². The highest BCUT2D eigenvalue weighted by atomic mass is 32.2. The van der Waals surface area contributed by atoms with E-state index in [4.69, 9.17) is 0 Å². The van der Waals surface area contributed by atoms with Crippen LogP contribution >= 0.6 is 25.3 Å². The number of hydrogen-bond acceptors (Lipinski definition) is 3. The van der Waals surface area contributed by atoms with Gasteiger partial charge in [0.2, 0.25) is 0 Å². The molecule has 0 N–H and O–H groups in total. The van der Waals surface area contributed by atoms with Gasteiger partial charge in [-0.3, -0.25) is 4.90 Å². The van der Waals surface area contributed by atoms with E-state index in [0.717, 1.165) is 0 Å². The van der Waals surface area contributed by atoms with Crippen molar-refractivity contribution in [1.82, 2.24) is 4.90 Å². The van der Waals surface area contributed by atoms with Crippen LogP contribution in [-0.2, 0) is 0 Å². The van der Waals surface area contributed by atoms with Gasteiger partial charge in [0, 0.05) is 0 Å². The molecule has 0 amide bonds. The molecule has 0 fully saturated rings. The molecule has 0 saturated heterocycles. The van der Waals surface area contributed by atoms with Crippen LogP contribution in [0.15, 0.2) is 0 Å². The highest BCUT2D eigenvalue weighted by Gasteiger charge is 1.92. The second kappa shape index (κ2) is 8.66. The maximum Gasteiger partial charge on any atom is 0.0964 e. The predicted octanol–water partition coefficient (Wildman–Crippen LogP) is 2.11. The Morgan fingerprint density at radius 3 is 1.33 bits per heavy atom. The van der Waals surface area contributed by atoms with Crippen molar-refractivity contribution in [2.45, 2.75) is 25.0 Å². The Labute approximate surface area is 69.6 Å². The summed E-state index contributed by atoms with van der Waals surface area (Å²) in [5.74, 6) is 0. The van der Waals surface area contributed by atoms with Crippen molar-refractivity contribution in [3.05, 3.63) is 0 Å². The van der Waals surface area contributed by atoms with Crippen LogP contribution in [0, 0.1) is 0 Å². The Hall–Kier alpha value is 0.660. The van der Waals surface area contributed by atoms with Crippen molar-refractivity contribution < 1.29 is 0 Å². The summed E-state index contributed by atoms with van der Waals surface area (Å²) in [6.45, 7) is 4.25. The zero-order chi connectivity index (χ0) is 7.86. The van der Waals surface area contributed by atoms with Gasteiger partial charge in [-0.25, -0.2) is 0 Å². The fraction of sp³-hybridized carbons (Fsp3) is 1.00. The molecule has 3 heteroatoms. The molecule has 58 valence electrons. The summed E-state index contributed by atoms with van der Waals surface area (Å²) in [5.41, 5.74) is 0. The Morgan fingerprint density at radius 2 is 1.33 bits per heavy atom. The standard InChI is InChI=1S/C3H9NS2.C3H8/c1-4(2)3(5)6;1-3-2/h3,5-6H,1-2H3;3H2,1-2H3. The molecule has 0 aromatic rings. The number of hydrogen-bond donors (Lipinski definition) is 2. The minimum Gasteiger partial charge on any atom is -0.290 e. The lowest BCUT2D eigenvalue weighted by molar-refractivity contribution is 0.463. The van der Waals surface area contributed by atoms with E-state index in [9.17, 15) is 0 Å². The zero-order valence-corrected chi connectivity index (χ0v) is 8.41. The summed E-state index contributed by atoms with van der Waals surface area (Å²) in [6, 6.07) is 0. The van der Waals surface area contributed by atoms with E-state index in [1.807, 2.05) is 19.0 Å². The summed E-state index contributed by atoms with van der Waals surface area (Å²) < 4.78 is 0.0741. The highest BCUT2D eigenvalue weighted by Crippen LogP contribution is 2.00. The molecule has 0 rings (SSSR count). The van der Waals surface area contributed by atoms with Crippen molar-refractivity contribution in [3.63, 3.8) is 0 Å². The molecule has 0 aliphatic rings. The van der Waals surface area contributed by atoms with Crippen molar-refractivity contribution >= 4 is 25.3 Å². The molecule has 0 heterocycles. The summed E-state index contributed by atoms with van der Waals surface area (Å²) >= 11 is 7.97. The molecule has 0 aliphatic heterocycles. The third-order valence-corrected chi connectivity index (χ3v) is 1.39. The number of rotatable bonds is 1. The van der Waals surface area contributed by atoms with Gasteiger partial charge in [0.25, 0.3) is 0 Å². The normalized spacial score (nSPS) is 9.33. The van der Waals surface area contributed by atoms with Crippen LogP contribution in [0.1, 0.15) is 20.3 Å². The van der Waals surface area contributed by atoms with Gasteiger partial charge in [0.05, 0.1) is 4.71 Å². The third kappa shape index (κ3) is 17.7. The molecule has 0 radical (unpaired) electrons. The van der Waals surface area contributed by atoms with E-state index >= 15 is 0 Å². The van der Waals surface area contributed by atoms with Gasteiger partial charge in [-0.1, -0.05) is 20.3 Å². The van der Waals surface area contributed by atoms with E-state index in [1.54, 1.807) is 0 Å². The maximum absolute atomic E-state index is 3.98. The van der Waals surface area contributed by atoms with Gasteiger partial charge in [-0.05, 0) is 14.1 Å². The molecule has 9 heavy (non-hydrogen) atoms. The largest absolute Gasteiger partial charge is 0.290 e. The van der Waals surface area contributed by atoms with Crippen LogP contribution in [0.4, 0.5) is 0 Å². The number of thiol groups is 2. The molecular formula is C6H17NS2. The quantitative estimate of drug-likeness (QED) is 0.447. The first-order valence-corrected chi connectivity index (χ1v) is 4.12. The van der Waals surface area contributed by atoms with Crippen LogP contribution in [0.3, 0.4) is 0 Å². The summed E-state index contributed by atoms with van der Waals surface area (Å²) in [6.07, 6.45) is 1.25. The Morgan fingerprint density at radius 1 is 1.22 bits per heavy atom. The molecule has 0 aromatic carbocycles. The lowest BCUT2D eigenvalue weighted by atomic mass is 10.6. The maximum atomic E-state index is 3.98. The third-order valence-electron chi connectivity index (χ3n) is 0.462. The molecule has 1 nitrogen and oxygen atoms in total. The van der Waals surface area contributed by atoms with Gasteiger partial charge in [-0.2, -0.15) is 0 Å². The number of nitrogens with zero attached hydrogens (tertiary/aromatic N) is 1. The molecule has 0 spiro atoms. The molecule has 0 atom stereocenters. The van der Waals surface area contributed by atoms with Crippen molar-refractivity contribution in [2.75, 3.05) is 14.1 Å². The predicted molar refractivity (Wildman–Crippen MR) is 51.4 cm³/mol. The Balaban J connectivity index is 0. The van der Waals surface area contributed by atoms with Crippen LogP contribution in [0.2, 0.25) is 0 Å². The van der Waals surface area contributed by atoms with Crippen LogP contribution < -0.4 is 0 Å². The van der Waals surface area contributed by atoms with Gasteiger partial charge in [-0.15, -0.1) is 25.3 Å². The first-order chi connectivity index (χ1) is 4.06. The van der Waals surface area contributed by atoms with Gasteiger partial charge >= 0.3 is 0 Å². The zero-order valence-electron chi connectivity index (χ0n) is 6.63. The fourth-order valence-electron chi connectivity index (χ4n) is 0. The first kappa shape index (κ1) is 12.3. The van der Waals surface area contributed by atoms with Crippen molar-refractivity contribution in [3.8, 4) is 0 Å². The van der Waals surface area contributed by atoms with Crippen molar-refractivity contribution in [1.29, 1.82) is 0 Å². The second-order valence-corrected chi connectivity index (χ2v) is 3.40. The van der Waals surface area contributed by atoms with Crippen LogP contribution in [0.5, 0.6) is 0 Å². The molecule has 0 aromatic heterocycles. The minimum absolute atomic E-state index is 0.0741. The molecule has 0 unspecified atom stereocenters. The van der Waals surface area contributed by atoms with E-state index in [1.165, 1.54) is 6.42 Å². The highest BCUT2D eigenvalue weighted by molar-refractivity contribution is 7.99. The molecular weight excluding hydrogens is 150 g/mol. The molecule has 0 aliphatic carbocycles. The minimum atomic E-state index is 0.0741. The fourth-order valence-corrected chi connectivity index (χ4v) is 0. The van der Waals surface area contributed by atoms with Crippen LogP contribution in [-0.4, -0.2) is 23.7 Å². The van der Waals surface area contributed by atoms with E-state index in [-0.39, 0.29) is 4.71 Å². The topological polar surface area (TPSA) is 3.24 Å². The summed E-state index contributed by atoms with van der Waals surface area (Å²) in [7, 11) is 3.84. The van der Waals surface area contributed by atoms with E-state index in [2.05, 4.69) is 39.1 Å². The second-order valence-electron chi connectivity index (χ2n) is 2.02. The average Bonchev–Trinajstić information content (AvgIpc) is 1.68. The van der Waals surface area contributed by atoms with Gasteiger partial charge in [0.1, 0.15) is 0 Å². The molecule has 0 saturated carbocycles.